The Bertz CT molecular complexity index is 137. The molecule has 0 heterocycles. The first-order valence-corrected chi connectivity index (χ1v) is 6.54. The van der Waals surface area contributed by atoms with Crippen LogP contribution in [0, 0.1) is 0 Å². The topological polar surface area (TPSA) is 66.4 Å². The van der Waals surface area contributed by atoms with Crippen LogP contribution in [0.5, 0.6) is 0 Å². The SMILES string of the molecule is CC(C)OCCOCCO.COCCOCCOC. The molecule has 0 aliphatic carbocycles. The summed E-state index contributed by atoms with van der Waals surface area (Å²) < 4.78 is 24.7. The van der Waals surface area contributed by atoms with Crippen molar-refractivity contribution in [3.63, 3.8) is 0 Å². The van der Waals surface area contributed by atoms with Gasteiger partial charge in [-0.2, -0.15) is 0 Å². The van der Waals surface area contributed by atoms with E-state index in [1.807, 2.05) is 13.8 Å². The minimum atomic E-state index is 0.0850. The number of aliphatic hydroxyl groups excluding tert-OH is 1. The average Bonchev–Trinajstić information content (AvgIpc) is 2.39. The molecule has 0 spiro atoms. The largest absolute Gasteiger partial charge is 0.394 e. The average molecular weight is 282 g/mol. The van der Waals surface area contributed by atoms with Crippen molar-refractivity contribution >= 4 is 0 Å². The summed E-state index contributed by atoms with van der Waals surface area (Å²) in [6.45, 7) is 8.24. The maximum absolute atomic E-state index is 8.31. The summed E-state index contributed by atoms with van der Waals surface area (Å²) in [6, 6.07) is 0. The van der Waals surface area contributed by atoms with Crippen molar-refractivity contribution in [2.24, 2.45) is 0 Å². The molecule has 0 bridgehead atoms. The molecule has 6 heteroatoms. The molecule has 0 aromatic heterocycles. The molecular formula is C13H30O6. The van der Waals surface area contributed by atoms with E-state index in [-0.39, 0.29) is 12.7 Å². The zero-order valence-electron chi connectivity index (χ0n) is 12.7. The van der Waals surface area contributed by atoms with Gasteiger partial charge in [0.1, 0.15) is 0 Å². The van der Waals surface area contributed by atoms with Gasteiger partial charge in [0.15, 0.2) is 0 Å². The molecule has 0 aromatic carbocycles. The summed E-state index contributed by atoms with van der Waals surface area (Å²) in [4.78, 5) is 0. The lowest BCUT2D eigenvalue weighted by molar-refractivity contribution is 0.0103. The Morgan fingerprint density at radius 2 is 1.21 bits per heavy atom. The highest BCUT2D eigenvalue weighted by molar-refractivity contribution is 4.36. The molecule has 0 aliphatic rings. The van der Waals surface area contributed by atoms with Crippen LogP contribution in [-0.2, 0) is 23.7 Å². The van der Waals surface area contributed by atoms with Gasteiger partial charge in [0.05, 0.1) is 59.0 Å². The van der Waals surface area contributed by atoms with Gasteiger partial charge in [-0.3, -0.25) is 0 Å². The van der Waals surface area contributed by atoms with Crippen molar-refractivity contribution in [2.75, 3.05) is 67.1 Å². The lowest BCUT2D eigenvalue weighted by Gasteiger charge is -2.06. The molecule has 0 atom stereocenters. The summed E-state index contributed by atoms with van der Waals surface area (Å²) in [5.41, 5.74) is 0. The van der Waals surface area contributed by atoms with E-state index < -0.39 is 0 Å². The monoisotopic (exact) mass is 282 g/mol. The fourth-order valence-electron chi connectivity index (χ4n) is 0.896. The quantitative estimate of drug-likeness (QED) is 0.532. The first-order valence-electron chi connectivity index (χ1n) is 6.54. The second-order valence-corrected chi connectivity index (χ2v) is 3.85. The van der Waals surface area contributed by atoms with Gasteiger partial charge in [-0.15, -0.1) is 0 Å². The van der Waals surface area contributed by atoms with Gasteiger partial charge in [-0.25, -0.2) is 0 Å². The number of hydrogen-bond donors (Lipinski definition) is 1. The minimum absolute atomic E-state index is 0.0850. The van der Waals surface area contributed by atoms with Crippen molar-refractivity contribution in [2.45, 2.75) is 20.0 Å². The third-order valence-electron chi connectivity index (χ3n) is 1.78. The molecule has 0 radical (unpaired) electrons. The van der Waals surface area contributed by atoms with Crippen molar-refractivity contribution in [3.8, 4) is 0 Å². The van der Waals surface area contributed by atoms with Crippen molar-refractivity contribution in [1.82, 2.24) is 0 Å². The van der Waals surface area contributed by atoms with E-state index in [0.717, 1.165) is 0 Å². The second-order valence-electron chi connectivity index (χ2n) is 3.85. The molecule has 0 saturated carbocycles. The van der Waals surface area contributed by atoms with E-state index >= 15 is 0 Å². The van der Waals surface area contributed by atoms with Crippen LogP contribution >= 0.6 is 0 Å². The molecule has 118 valence electrons. The zero-order chi connectivity index (χ0) is 14.8. The molecule has 0 unspecified atom stereocenters. The summed E-state index contributed by atoms with van der Waals surface area (Å²) in [7, 11) is 3.30. The van der Waals surface area contributed by atoms with Crippen molar-refractivity contribution < 1.29 is 28.8 Å². The Balaban J connectivity index is 0. The van der Waals surface area contributed by atoms with Gasteiger partial charge >= 0.3 is 0 Å². The third kappa shape index (κ3) is 27.1. The fourth-order valence-corrected chi connectivity index (χ4v) is 0.896. The van der Waals surface area contributed by atoms with E-state index in [2.05, 4.69) is 0 Å². The van der Waals surface area contributed by atoms with Crippen LogP contribution in [-0.4, -0.2) is 78.3 Å². The van der Waals surface area contributed by atoms with Gasteiger partial charge in [0, 0.05) is 14.2 Å². The second kappa shape index (κ2) is 20.1. The molecule has 0 rings (SSSR count). The number of rotatable bonds is 12. The molecule has 0 amide bonds. The summed E-state index contributed by atoms with van der Waals surface area (Å²) in [5.74, 6) is 0. The molecule has 0 saturated heterocycles. The maximum Gasteiger partial charge on any atom is 0.0703 e. The van der Waals surface area contributed by atoms with Crippen LogP contribution in [0.1, 0.15) is 13.8 Å². The highest BCUT2D eigenvalue weighted by Gasteiger charge is 1.91. The van der Waals surface area contributed by atoms with Crippen LogP contribution in [0.15, 0.2) is 0 Å². The van der Waals surface area contributed by atoms with Gasteiger partial charge < -0.3 is 28.8 Å². The van der Waals surface area contributed by atoms with Gasteiger partial charge in [-0.05, 0) is 13.8 Å². The minimum Gasteiger partial charge on any atom is -0.394 e. The predicted molar refractivity (Wildman–Crippen MR) is 73.6 cm³/mol. The first-order chi connectivity index (χ1) is 9.18. The Morgan fingerprint density at radius 1 is 0.737 bits per heavy atom. The standard InChI is InChI=1S/C7H16O3.C6H14O3/c1-7(2)10-6-5-9-4-3-8;1-7-3-5-9-6-4-8-2/h7-8H,3-6H2,1-2H3;3-6H2,1-2H3. The summed E-state index contributed by atoms with van der Waals surface area (Å²) >= 11 is 0. The van der Waals surface area contributed by atoms with E-state index in [4.69, 9.17) is 28.8 Å². The molecule has 6 nitrogen and oxygen atoms in total. The number of aliphatic hydroxyl groups is 1. The zero-order valence-corrected chi connectivity index (χ0v) is 12.7. The predicted octanol–water partition coefficient (Wildman–Crippen LogP) is 0.716. The van der Waals surface area contributed by atoms with Crippen LogP contribution in [0.2, 0.25) is 0 Å². The Kier molecular flexibility index (Phi) is 22.3. The van der Waals surface area contributed by atoms with E-state index in [0.29, 0.717) is 46.2 Å². The molecule has 1 N–H and O–H groups in total. The maximum atomic E-state index is 8.31. The Morgan fingerprint density at radius 3 is 1.63 bits per heavy atom. The smallest absolute Gasteiger partial charge is 0.0703 e. The van der Waals surface area contributed by atoms with Crippen LogP contribution in [0.4, 0.5) is 0 Å². The molecule has 0 fully saturated rings. The fraction of sp³-hybridized carbons (Fsp3) is 1.00. The van der Waals surface area contributed by atoms with E-state index in [9.17, 15) is 0 Å². The van der Waals surface area contributed by atoms with Gasteiger partial charge in [0.25, 0.3) is 0 Å². The molecule has 19 heavy (non-hydrogen) atoms. The highest BCUT2D eigenvalue weighted by Crippen LogP contribution is 1.86. The lowest BCUT2D eigenvalue weighted by Crippen LogP contribution is -2.10. The molecule has 0 aromatic rings. The summed E-state index contributed by atoms with van der Waals surface area (Å²) in [6.07, 6.45) is 0.262. The Labute approximate surface area is 116 Å². The van der Waals surface area contributed by atoms with Gasteiger partial charge in [0.2, 0.25) is 0 Å². The van der Waals surface area contributed by atoms with Crippen molar-refractivity contribution in [3.05, 3.63) is 0 Å². The third-order valence-corrected chi connectivity index (χ3v) is 1.78. The highest BCUT2D eigenvalue weighted by atomic mass is 16.5. The van der Waals surface area contributed by atoms with Crippen LogP contribution in [0.3, 0.4) is 0 Å². The number of methoxy groups -OCH3 is 2. The number of hydrogen-bond acceptors (Lipinski definition) is 6. The molecule has 0 aliphatic heterocycles. The summed E-state index contributed by atoms with van der Waals surface area (Å²) in [5, 5.41) is 8.31. The van der Waals surface area contributed by atoms with Crippen LogP contribution < -0.4 is 0 Å². The van der Waals surface area contributed by atoms with E-state index in [1.165, 1.54) is 0 Å². The first kappa shape index (κ1) is 21.1. The lowest BCUT2D eigenvalue weighted by atomic mass is 10.5. The van der Waals surface area contributed by atoms with E-state index in [1.54, 1.807) is 14.2 Å². The normalized spacial score (nSPS) is 10.4. The van der Waals surface area contributed by atoms with Crippen LogP contribution in [0.25, 0.3) is 0 Å². The number of ether oxygens (including phenoxy) is 5. The van der Waals surface area contributed by atoms with Crippen molar-refractivity contribution in [1.29, 1.82) is 0 Å². The van der Waals surface area contributed by atoms with Gasteiger partial charge in [-0.1, -0.05) is 0 Å². The molecular weight excluding hydrogens is 252 g/mol. The Hall–Kier alpha value is -0.240.